The highest BCUT2D eigenvalue weighted by Crippen LogP contribution is 2.42. The molecule has 2 aromatic rings. The number of para-hydroxylation sites is 2. The lowest BCUT2D eigenvalue weighted by Crippen LogP contribution is -2.41. The van der Waals surface area contributed by atoms with E-state index in [2.05, 4.69) is 5.32 Å². The van der Waals surface area contributed by atoms with E-state index in [0.29, 0.717) is 35.9 Å². The summed E-state index contributed by atoms with van der Waals surface area (Å²) in [6, 6.07) is 11.6. The number of fused-ring (bicyclic) bond motifs is 1. The number of nitrogens with zero attached hydrogens (tertiary/aromatic N) is 2. The minimum Gasteiger partial charge on any atom is -0.495 e. The van der Waals surface area contributed by atoms with Crippen molar-refractivity contribution < 1.29 is 27.5 Å². The van der Waals surface area contributed by atoms with E-state index in [1.54, 1.807) is 50.2 Å². The van der Waals surface area contributed by atoms with Crippen LogP contribution >= 0.6 is 0 Å². The first-order valence-corrected chi connectivity index (χ1v) is 12.1. The number of nitrogens with one attached hydrogen (secondary N) is 1. The van der Waals surface area contributed by atoms with Crippen molar-refractivity contribution in [3.63, 3.8) is 0 Å². The van der Waals surface area contributed by atoms with Crippen molar-refractivity contribution in [2.45, 2.75) is 24.2 Å². The Morgan fingerprint density at radius 1 is 1.15 bits per heavy atom. The highest BCUT2D eigenvalue weighted by molar-refractivity contribution is 7.89. The molecule has 0 bridgehead atoms. The predicted octanol–water partition coefficient (Wildman–Crippen LogP) is 1.98. The Balaban J connectivity index is 1.60. The highest BCUT2D eigenvalue weighted by Gasteiger charge is 2.45. The molecule has 0 unspecified atom stereocenters. The van der Waals surface area contributed by atoms with E-state index in [0.717, 1.165) is 0 Å². The van der Waals surface area contributed by atoms with Crippen LogP contribution in [0, 0.1) is 0 Å². The van der Waals surface area contributed by atoms with Gasteiger partial charge in [0.05, 0.1) is 36.3 Å². The maximum atomic E-state index is 13.2. The number of rotatable bonds is 6. The number of sulfonamides is 1. The van der Waals surface area contributed by atoms with Gasteiger partial charge < -0.3 is 19.7 Å². The fourth-order valence-electron chi connectivity index (χ4n) is 4.15. The lowest BCUT2D eigenvalue weighted by atomic mass is 9.86. The number of hydrogen-bond acceptors (Lipinski definition) is 6. The molecule has 0 atom stereocenters. The number of morpholine rings is 1. The number of ether oxygens (including phenoxy) is 2. The van der Waals surface area contributed by atoms with Crippen LogP contribution in [0.2, 0.25) is 0 Å². The average molecular weight is 474 g/mol. The van der Waals surface area contributed by atoms with E-state index < -0.39 is 15.4 Å². The summed E-state index contributed by atoms with van der Waals surface area (Å²) in [7, 11) is -2.20. The van der Waals surface area contributed by atoms with Crippen LogP contribution in [0.5, 0.6) is 5.75 Å². The number of carbonyl (C=O) groups is 2. The molecule has 0 spiro atoms. The van der Waals surface area contributed by atoms with Crippen LogP contribution in [0.3, 0.4) is 0 Å². The lowest BCUT2D eigenvalue weighted by Gasteiger charge is -2.26. The van der Waals surface area contributed by atoms with Crippen LogP contribution in [-0.4, -0.2) is 64.5 Å². The molecule has 10 heteroatoms. The van der Waals surface area contributed by atoms with Gasteiger partial charge in [0, 0.05) is 18.8 Å². The summed E-state index contributed by atoms with van der Waals surface area (Å²) in [4.78, 5) is 27.5. The van der Waals surface area contributed by atoms with Gasteiger partial charge in [-0.25, -0.2) is 8.42 Å². The number of hydrogen-bond donors (Lipinski definition) is 1. The normalized spacial score (nSPS) is 18.2. The Morgan fingerprint density at radius 2 is 1.85 bits per heavy atom. The lowest BCUT2D eigenvalue weighted by molar-refractivity contribution is -0.124. The van der Waals surface area contributed by atoms with Gasteiger partial charge in [-0.3, -0.25) is 9.59 Å². The van der Waals surface area contributed by atoms with Gasteiger partial charge in [0.15, 0.2) is 0 Å². The molecule has 2 amide bonds. The third-order valence-electron chi connectivity index (χ3n) is 6.00. The molecule has 2 heterocycles. The van der Waals surface area contributed by atoms with Crippen LogP contribution < -0.4 is 15.0 Å². The van der Waals surface area contributed by atoms with Crippen LogP contribution in [0.1, 0.15) is 19.4 Å². The molecule has 1 fully saturated rings. The maximum absolute atomic E-state index is 13.2. The summed E-state index contributed by atoms with van der Waals surface area (Å²) in [5.41, 5.74) is 0.632. The van der Waals surface area contributed by atoms with Crippen LogP contribution in [0.15, 0.2) is 47.4 Å². The molecule has 176 valence electrons. The van der Waals surface area contributed by atoms with Crippen molar-refractivity contribution >= 4 is 33.2 Å². The average Bonchev–Trinajstić information content (AvgIpc) is 3.00. The standard InChI is InChI=1S/C23H27N3O6S/c1-23(2)17-14-16(33(29,30)25-10-12-32-13-11-25)8-9-19(17)26(22(23)28)15-21(27)24-18-6-4-5-7-20(18)31-3/h4-9,14H,10-13,15H2,1-3H3,(H,24,27). The molecule has 2 aromatic carbocycles. The molecular weight excluding hydrogens is 446 g/mol. The van der Waals surface area contributed by atoms with Crippen molar-refractivity contribution in [2.24, 2.45) is 0 Å². The third-order valence-corrected chi connectivity index (χ3v) is 7.90. The second kappa shape index (κ2) is 8.77. The van der Waals surface area contributed by atoms with Gasteiger partial charge in [-0.1, -0.05) is 12.1 Å². The molecular formula is C23H27N3O6S. The summed E-state index contributed by atoms with van der Waals surface area (Å²) < 4.78 is 38.1. The van der Waals surface area contributed by atoms with E-state index in [-0.39, 0.29) is 36.3 Å². The molecule has 4 rings (SSSR count). The maximum Gasteiger partial charge on any atom is 0.244 e. The summed E-state index contributed by atoms with van der Waals surface area (Å²) in [6.07, 6.45) is 0. The topological polar surface area (TPSA) is 105 Å². The smallest absolute Gasteiger partial charge is 0.244 e. The third kappa shape index (κ3) is 4.21. The Bertz CT molecular complexity index is 1190. The van der Waals surface area contributed by atoms with Crippen molar-refractivity contribution in [3.8, 4) is 5.75 Å². The van der Waals surface area contributed by atoms with Gasteiger partial charge in [-0.05, 0) is 49.7 Å². The van der Waals surface area contributed by atoms with Gasteiger partial charge in [0.1, 0.15) is 12.3 Å². The number of methoxy groups -OCH3 is 1. The van der Waals surface area contributed by atoms with Crippen molar-refractivity contribution in [1.29, 1.82) is 0 Å². The second-order valence-corrected chi connectivity index (χ2v) is 10.4. The Labute approximate surface area is 193 Å². The molecule has 0 radical (unpaired) electrons. The van der Waals surface area contributed by atoms with Gasteiger partial charge >= 0.3 is 0 Å². The van der Waals surface area contributed by atoms with Gasteiger partial charge in [-0.15, -0.1) is 0 Å². The molecule has 33 heavy (non-hydrogen) atoms. The number of carbonyl (C=O) groups excluding carboxylic acids is 2. The molecule has 1 N–H and O–H groups in total. The fraction of sp³-hybridized carbons (Fsp3) is 0.391. The Hall–Kier alpha value is -2.95. The molecule has 1 saturated heterocycles. The summed E-state index contributed by atoms with van der Waals surface area (Å²) in [5, 5.41) is 2.77. The zero-order valence-corrected chi connectivity index (χ0v) is 19.6. The summed E-state index contributed by atoms with van der Waals surface area (Å²) in [6.45, 7) is 4.54. The minimum absolute atomic E-state index is 0.129. The van der Waals surface area contributed by atoms with Crippen molar-refractivity contribution in [1.82, 2.24) is 4.31 Å². The van der Waals surface area contributed by atoms with E-state index in [4.69, 9.17) is 9.47 Å². The van der Waals surface area contributed by atoms with Gasteiger partial charge in [0.2, 0.25) is 21.8 Å². The largest absolute Gasteiger partial charge is 0.495 e. The van der Waals surface area contributed by atoms with E-state index >= 15 is 0 Å². The second-order valence-electron chi connectivity index (χ2n) is 8.46. The molecule has 0 aliphatic carbocycles. The molecule has 2 aliphatic heterocycles. The monoisotopic (exact) mass is 473 g/mol. The van der Waals surface area contributed by atoms with Gasteiger partial charge in [-0.2, -0.15) is 4.31 Å². The Morgan fingerprint density at radius 3 is 2.55 bits per heavy atom. The predicted molar refractivity (Wildman–Crippen MR) is 123 cm³/mol. The summed E-state index contributed by atoms with van der Waals surface area (Å²) in [5.74, 6) is -0.146. The molecule has 0 saturated carbocycles. The quantitative estimate of drug-likeness (QED) is 0.688. The van der Waals surface area contributed by atoms with Crippen molar-refractivity contribution in [3.05, 3.63) is 48.0 Å². The number of amides is 2. The first-order chi connectivity index (χ1) is 15.7. The minimum atomic E-state index is -3.71. The van der Waals surface area contributed by atoms with E-state index in [1.807, 2.05) is 0 Å². The fourth-order valence-corrected chi connectivity index (χ4v) is 5.58. The van der Waals surface area contributed by atoms with Crippen LogP contribution in [0.4, 0.5) is 11.4 Å². The zero-order valence-electron chi connectivity index (χ0n) is 18.8. The Kier molecular flexibility index (Phi) is 6.17. The number of benzene rings is 2. The van der Waals surface area contributed by atoms with E-state index in [9.17, 15) is 18.0 Å². The van der Waals surface area contributed by atoms with Crippen LogP contribution in [0.25, 0.3) is 0 Å². The SMILES string of the molecule is COc1ccccc1NC(=O)CN1C(=O)C(C)(C)c2cc(S(=O)(=O)N3CCOCC3)ccc21. The van der Waals surface area contributed by atoms with E-state index in [1.165, 1.54) is 22.4 Å². The van der Waals surface area contributed by atoms with Crippen molar-refractivity contribution in [2.75, 3.05) is 50.2 Å². The molecule has 2 aliphatic rings. The van der Waals surface area contributed by atoms with Gasteiger partial charge in [0.25, 0.3) is 0 Å². The molecule has 0 aromatic heterocycles. The first kappa shape index (κ1) is 23.2. The molecule has 9 nitrogen and oxygen atoms in total. The number of anilines is 2. The highest BCUT2D eigenvalue weighted by atomic mass is 32.2. The van der Waals surface area contributed by atoms with Crippen LogP contribution in [-0.2, 0) is 29.8 Å². The summed E-state index contributed by atoms with van der Waals surface area (Å²) >= 11 is 0. The zero-order chi connectivity index (χ0) is 23.8. The first-order valence-electron chi connectivity index (χ1n) is 10.6.